The first kappa shape index (κ1) is 23.3. The molecule has 7 nitrogen and oxygen atoms in total. The van der Waals surface area contributed by atoms with Crippen molar-refractivity contribution in [3.63, 3.8) is 0 Å². The van der Waals surface area contributed by atoms with E-state index in [0.717, 1.165) is 25.2 Å². The molecule has 1 aromatic heterocycles. The number of halogens is 6. The van der Waals surface area contributed by atoms with Gasteiger partial charge in [0.25, 0.3) is 0 Å². The van der Waals surface area contributed by atoms with Gasteiger partial charge in [-0.3, -0.25) is 4.79 Å². The Morgan fingerprint density at radius 1 is 1.13 bits per heavy atom. The lowest BCUT2D eigenvalue weighted by atomic mass is 10.1. The number of hydrogen-bond acceptors (Lipinski definition) is 5. The van der Waals surface area contributed by atoms with Gasteiger partial charge in [-0.1, -0.05) is 0 Å². The van der Waals surface area contributed by atoms with Crippen molar-refractivity contribution in [2.24, 2.45) is 0 Å². The summed E-state index contributed by atoms with van der Waals surface area (Å²) in [5, 5.41) is 13.3. The number of carbonyl (C=O) groups is 2. The molecular weight excluding hydrogens is 422 g/mol. The lowest BCUT2D eigenvalue weighted by Gasteiger charge is -2.27. The Bertz CT molecular complexity index is 912. The maximum Gasteiger partial charge on any atom is 0.490 e. The van der Waals surface area contributed by atoms with Crippen molar-refractivity contribution in [2.45, 2.75) is 31.2 Å². The molecule has 3 rings (SSSR count). The third-order valence-electron chi connectivity index (χ3n) is 4.02. The molecule has 0 unspecified atom stereocenters. The van der Waals surface area contributed by atoms with E-state index in [-0.39, 0.29) is 24.8 Å². The van der Waals surface area contributed by atoms with E-state index in [9.17, 15) is 31.1 Å². The molecule has 1 aromatic carbocycles. The summed E-state index contributed by atoms with van der Waals surface area (Å²) in [5.41, 5.74) is 0.139. The van der Waals surface area contributed by atoms with E-state index in [0.29, 0.717) is 16.6 Å². The van der Waals surface area contributed by atoms with Gasteiger partial charge in [-0.05, 0) is 24.6 Å². The Hall–Kier alpha value is -2.96. The number of aryl methyl sites for hydroxylation is 1. The standard InChI is InChI=1S/C15H15F3N4O.C2HF3O2/c16-15(17,18)9-1-2-12-11(5-9)13(21-8-20-12)3-4-14(23)22-10-6-19-7-10;3-2(4,5)1(6)7/h1-2,5,8,10,19H,3-4,6-7H2,(H,22,23);(H,6,7). The number of aliphatic carboxylic acids is 1. The predicted molar refractivity (Wildman–Crippen MR) is 91.4 cm³/mol. The van der Waals surface area contributed by atoms with Crippen LogP contribution in [-0.4, -0.2) is 52.3 Å². The van der Waals surface area contributed by atoms with Crippen molar-refractivity contribution < 1.29 is 41.0 Å². The number of aromatic nitrogens is 2. The van der Waals surface area contributed by atoms with Crippen molar-refractivity contribution >= 4 is 22.8 Å². The van der Waals surface area contributed by atoms with Crippen LogP contribution >= 0.6 is 0 Å². The molecular formula is C17H16F6N4O3. The van der Waals surface area contributed by atoms with Crippen molar-refractivity contribution in [3.8, 4) is 0 Å². The van der Waals surface area contributed by atoms with E-state index in [1.165, 1.54) is 12.4 Å². The Morgan fingerprint density at radius 2 is 1.77 bits per heavy atom. The van der Waals surface area contributed by atoms with Gasteiger partial charge in [-0.25, -0.2) is 14.8 Å². The summed E-state index contributed by atoms with van der Waals surface area (Å²) in [7, 11) is 0. The third kappa shape index (κ3) is 6.54. The van der Waals surface area contributed by atoms with Crippen molar-refractivity contribution in [1.82, 2.24) is 20.6 Å². The average Bonchev–Trinajstić information content (AvgIpc) is 2.61. The predicted octanol–water partition coefficient (Wildman–Crippen LogP) is 2.30. The summed E-state index contributed by atoms with van der Waals surface area (Å²) in [6.07, 6.45) is -7.75. The molecule has 164 valence electrons. The van der Waals surface area contributed by atoms with E-state index in [4.69, 9.17) is 9.90 Å². The van der Waals surface area contributed by atoms with Crippen LogP contribution in [0.15, 0.2) is 24.5 Å². The molecule has 0 atom stereocenters. The molecule has 2 heterocycles. The number of carboxylic acid groups (broad SMARTS) is 1. The van der Waals surface area contributed by atoms with Gasteiger partial charge in [0.1, 0.15) is 6.33 Å². The number of carbonyl (C=O) groups excluding carboxylic acids is 1. The number of alkyl halides is 6. The zero-order valence-corrected chi connectivity index (χ0v) is 15.1. The van der Waals surface area contributed by atoms with E-state index in [2.05, 4.69) is 20.6 Å². The van der Waals surface area contributed by atoms with Crippen LogP contribution in [0.25, 0.3) is 10.9 Å². The van der Waals surface area contributed by atoms with Gasteiger partial charge in [0, 0.05) is 24.9 Å². The number of amides is 1. The maximum atomic E-state index is 12.8. The lowest BCUT2D eigenvalue weighted by molar-refractivity contribution is -0.192. The Balaban J connectivity index is 0.000000396. The van der Waals surface area contributed by atoms with Gasteiger partial charge in [-0.2, -0.15) is 26.3 Å². The van der Waals surface area contributed by atoms with Gasteiger partial charge >= 0.3 is 18.3 Å². The van der Waals surface area contributed by atoms with Gasteiger partial charge in [0.2, 0.25) is 5.91 Å². The summed E-state index contributed by atoms with van der Waals surface area (Å²) in [6.45, 7) is 1.49. The first-order chi connectivity index (χ1) is 13.9. The molecule has 1 aliphatic rings. The van der Waals surface area contributed by atoms with E-state index in [1.54, 1.807) is 0 Å². The molecule has 0 bridgehead atoms. The minimum atomic E-state index is -5.08. The van der Waals surface area contributed by atoms with Crippen LogP contribution < -0.4 is 10.6 Å². The topological polar surface area (TPSA) is 104 Å². The molecule has 1 amide bonds. The number of nitrogens with one attached hydrogen (secondary N) is 2. The van der Waals surface area contributed by atoms with Crippen LogP contribution in [0.5, 0.6) is 0 Å². The second-order valence-corrected chi connectivity index (χ2v) is 6.28. The first-order valence-electron chi connectivity index (χ1n) is 8.49. The van der Waals surface area contributed by atoms with Crippen LogP contribution in [0.1, 0.15) is 17.7 Å². The van der Waals surface area contributed by atoms with Crippen molar-refractivity contribution in [3.05, 3.63) is 35.8 Å². The fourth-order valence-electron chi connectivity index (χ4n) is 2.41. The maximum absolute atomic E-state index is 12.8. The molecule has 0 radical (unpaired) electrons. The van der Waals surface area contributed by atoms with Crippen molar-refractivity contribution in [2.75, 3.05) is 13.1 Å². The highest BCUT2D eigenvalue weighted by atomic mass is 19.4. The van der Waals surface area contributed by atoms with E-state index in [1.807, 2.05) is 0 Å². The molecule has 1 fully saturated rings. The van der Waals surface area contributed by atoms with Gasteiger partial charge in [0.15, 0.2) is 0 Å². The fourth-order valence-corrected chi connectivity index (χ4v) is 2.41. The monoisotopic (exact) mass is 438 g/mol. The number of nitrogens with zero attached hydrogens (tertiary/aromatic N) is 2. The van der Waals surface area contributed by atoms with Crippen LogP contribution in [0.2, 0.25) is 0 Å². The quantitative estimate of drug-likeness (QED) is 0.633. The summed E-state index contributed by atoms with van der Waals surface area (Å²) in [4.78, 5) is 28.7. The highest BCUT2D eigenvalue weighted by molar-refractivity contribution is 5.83. The summed E-state index contributed by atoms with van der Waals surface area (Å²) in [5.74, 6) is -2.89. The molecule has 1 saturated heterocycles. The highest BCUT2D eigenvalue weighted by Crippen LogP contribution is 2.31. The van der Waals surface area contributed by atoms with Crippen LogP contribution in [0.3, 0.4) is 0 Å². The van der Waals surface area contributed by atoms with Crippen LogP contribution in [-0.2, 0) is 22.2 Å². The van der Waals surface area contributed by atoms with E-state index >= 15 is 0 Å². The molecule has 0 saturated carbocycles. The molecule has 13 heteroatoms. The smallest absolute Gasteiger partial charge is 0.475 e. The van der Waals surface area contributed by atoms with Gasteiger partial charge < -0.3 is 15.7 Å². The Labute approximate surface area is 165 Å². The molecule has 30 heavy (non-hydrogen) atoms. The van der Waals surface area contributed by atoms with E-state index < -0.39 is 23.9 Å². The number of fused-ring (bicyclic) bond motifs is 1. The van der Waals surface area contributed by atoms with Gasteiger partial charge in [0.05, 0.1) is 22.8 Å². The number of hydrogen-bond donors (Lipinski definition) is 3. The largest absolute Gasteiger partial charge is 0.490 e. The molecule has 2 aromatic rings. The third-order valence-corrected chi connectivity index (χ3v) is 4.02. The average molecular weight is 438 g/mol. The number of rotatable bonds is 4. The number of carboxylic acids is 1. The SMILES string of the molecule is O=C(CCc1ncnc2ccc(C(F)(F)F)cc12)NC1CNC1.O=C(O)C(F)(F)F. The Morgan fingerprint density at radius 3 is 2.27 bits per heavy atom. The second kappa shape index (κ2) is 9.24. The lowest BCUT2D eigenvalue weighted by Crippen LogP contribution is -2.56. The minimum absolute atomic E-state index is 0.129. The molecule has 0 spiro atoms. The fraction of sp³-hybridized carbons (Fsp3) is 0.412. The first-order valence-corrected chi connectivity index (χ1v) is 8.49. The summed E-state index contributed by atoms with van der Waals surface area (Å²) in [6, 6.07) is 3.50. The molecule has 3 N–H and O–H groups in total. The van der Waals surface area contributed by atoms with Crippen LogP contribution in [0.4, 0.5) is 26.3 Å². The second-order valence-electron chi connectivity index (χ2n) is 6.28. The minimum Gasteiger partial charge on any atom is -0.475 e. The zero-order valence-electron chi connectivity index (χ0n) is 15.1. The molecule has 0 aliphatic carbocycles. The summed E-state index contributed by atoms with van der Waals surface area (Å²) < 4.78 is 70.3. The normalized spacial score (nSPS) is 14.5. The van der Waals surface area contributed by atoms with Gasteiger partial charge in [-0.15, -0.1) is 0 Å². The molecule has 1 aliphatic heterocycles. The highest BCUT2D eigenvalue weighted by Gasteiger charge is 2.38. The van der Waals surface area contributed by atoms with Crippen LogP contribution in [0, 0.1) is 0 Å². The number of benzene rings is 1. The zero-order chi connectivity index (χ0) is 22.5. The Kier molecular flexibility index (Phi) is 7.18. The summed E-state index contributed by atoms with van der Waals surface area (Å²) >= 11 is 0. The van der Waals surface area contributed by atoms with Crippen molar-refractivity contribution in [1.29, 1.82) is 0 Å².